The van der Waals surface area contributed by atoms with Crippen LogP contribution in [-0.2, 0) is 15.7 Å². The van der Waals surface area contributed by atoms with Gasteiger partial charge in [0.1, 0.15) is 11.3 Å². The largest absolute Gasteiger partial charge is 0.462 e. The number of halogens is 3. The van der Waals surface area contributed by atoms with Gasteiger partial charge in [0.05, 0.1) is 18.1 Å². The molecule has 0 aromatic heterocycles. The molecule has 1 aliphatic rings. The van der Waals surface area contributed by atoms with Gasteiger partial charge < -0.3 is 15.2 Å². The highest BCUT2D eigenvalue weighted by Crippen LogP contribution is 2.46. The van der Waals surface area contributed by atoms with Gasteiger partial charge in [-0.25, -0.2) is 4.79 Å². The standard InChI is InChI=1S/C23H18F3NO3/c1-2-29-22(28)19-18(14-7-10-15(11-8-14)23(24,25)26)17-12-9-13-5-3-4-6-16(13)20(17)30-21(19)27/h3-12,18H,2,27H2,1H3. The Morgan fingerprint density at radius 2 is 1.77 bits per heavy atom. The molecule has 4 nitrogen and oxygen atoms in total. The van der Waals surface area contributed by atoms with Gasteiger partial charge in [-0.15, -0.1) is 0 Å². The maximum atomic E-state index is 13.0. The number of fused-ring (bicyclic) bond motifs is 3. The summed E-state index contributed by atoms with van der Waals surface area (Å²) in [6.07, 6.45) is -4.46. The van der Waals surface area contributed by atoms with Gasteiger partial charge in [0.2, 0.25) is 5.88 Å². The van der Waals surface area contributed by atoms with Crippen LogP contribution >= 0.6 is 0 Å². The summed E-state index contributed by atoms with van der Waals surface area (Å²) in [7, 11) is 0. The van der Waals surface area contributed by atoms with Gasteiger partial charge in [-0.3, -0.25) is 0 Å². The van der Waals surface area contributed by atoms with Gasteiger partial charge in [0, 0.05) is 10.9 Å². The van der Waals surface area contributed by atoms with Crippen LogP contribution in [0, 0.1) is 0 Å². The molecule has 154 valence electrons. The fraction of sp³-hybridized carbons (Fsp3) is 0.174. The first-order valence-corrected chi connectivity index (χ1v) is 9.34. The summed E-state index contributed by atoms with van der Waals surface area (Å²) in [6.45, 7) is 1.78. The number of carbonyl (C=O) groups is 1. The second-order valence-corrected chi connectivity index (χ2v) is 6.86. The molecular formula is C23H18F3NO3. The number of ether oxygens (including phenoxy) is 2. The van der Waals surface area contributed by atoms with Crippen molar-refractivity contribution in [1.82, 2.24) is 0 Å². The summed E-state index contributed by atoms with van der Waals surface area (Å²) in [5.41, 5.74) is 6.53. The zero-order valence-corrected chi connectivity index (χ0v) is 16.0. The summed E-state index contributed by atoms with van der Waals surface area (Å²) in [5, 5.41) is 1.70. The van der Waals surface area contributed by atoms with E-state index >= 15 is 0 Å². The SMILES string of the molecule is CCOC(=O)C1=C(N)Oc2c(ccc3ccccc23)C1c1ccc(C(F)(F)F)cc1. The second-order valence-electron chi connectivity index (χ2n) is 6.86. The van der Waals surface area contributed by atoms with Crippen molar-refractivity contribution >= 4 is 16.7 Å². The van der Waals surface area contributed by atoms with Crippen molar-refractivity contribution in [3.63, 3.8) is 0 Å². The smallest absolute Gasteiger partial charge is 0.416 e. The third-order valence-electron chi connectivity index (χ3n) is 5.05. The highest BCUT2D eigenvalue weighted by atomic mass is 19.4. The van der Waals surface area contributed by atoms with Gasteiger partial charge in [0.25, 0.3) is 0 Å². The van der Waals surface area contributed by atoms with Crippen LogP contribution < -0.4 is 10.5 Å². The minimum absolute atomic E-state index is 0.0689. The minimum atomic E-state index is -4.46. The zero-order valence-electron chi connectivity index (χ0n) is 16.0. The summed E-state index contributed by atoms with van der Waals surface area (Å²) < 4.78 is 50.0. The predicted molar refractivity (Wildman–Crippen MR) is 106 cm³/mol. The summed E-state index contributed by atoms with van der Waals surface area (Å²) in [4.78, 5) is 12.7. The van der Waals surface area contributed by atoms with E-state index in [1.54, 1.807) is 13.0 Å². The van der Waals surface area contributed by atoms with Gasteiger partial charge in [-0.05, 0) is 30.0 Å². The van der Waals surface area contributed by atoms with Crippen LogP contribution in [0.25, 0.3) is 10.8 Å². The fourth-order valence-electron chi connectivity index (χ4n) is 3.70. The summed E-state index contributed by atoms with van der Waals surface area (Å²) >= 11 is 0. The van der Waals surface area contributed by atoms with Crippen molar-refractivity contribution in [2.75, 3.05) is 6.61 Å². The molecule has 2 N–H and O–H groups in total. The number of nitrogens with two attached hydrogens (primary N) is 1. The van der Waals surface area contributed by atoms with Crippen LogP contribution in [-0.4, -0.2) is 12.6 Å². The maximum absolute atomic E-state index is 13.0. The molecule has 30 heavy (non-hydrogen) atoms. The lowest BCUT2D eigenvalue weighted by Crippen LogP contribution is -2.27. The van der Waals surface area contributed by atoms with Crippen molar-refractivity contribution < 1.29 is 27.4 Å². The van der Waals surface area contributed by atoms with E-state index in [0.29, 0.717) is 16.9 Å². The van der Waals surface area contributed by atoms with E-state index < -0.39 is 23.6 Å². The van der Waals surface area contributed by atoms with Crippen molar-refractivity contribution in [2.24, 2.45) is 5.73 Å². The Balaban J connectivity index is 1.92. The van der Waals surface area contributed by atoms with Crippen molar-refractivity contribution in [2.45, 2.75) is 19.0 Å². The fourth-order valence-corrected chi connectivity index (χ4v) is 3.70. The van der Waals surface area contributed by atoms with Gasteiger partial charge in [-0.1, -0.05) is 48.5 Å². The summed E-state index contributed by atoms with van der Waals surface area (Å²) in [6, 6.07) is 15.9. The van der Waals surface area contributed by atoms with Crippen LogP contribution in [0.4, 0.5) is 13.2 Å². The van der Waals surface area contributed by atoms with E-state index in [1.807, 2.05) is 30.3 Å². The van der Waals surface area contributed by atoms with E-state index in [2.05, 4.69) is 0 Å². The number of rotatable bonds is 3. The summed E-state index contributed by atoms with van der Waals surface area (Å²) in [5.74, 6) is -1.04. The number of hydrogen-bond acceptors (Lipinski definition) is 4. The molecule has 3 aromatic rings. The van der Waals surface area contributed by atoms with Crippen molar-refractivity contribution in [3.05, 3.63) is 88.8 Å². The Morgan fingerprint density at radius 3 is 2.43 bits per heavy atom. The Kier molecular flexibility index (Phi) is 4.89. The van der Waals surface area contributed by atoms with Gasteiger partial charge in [-0.2, -0.15) is 13.2 Å². The first-order valence-electron chi connectivity index (χ1n) is 9.34. The van der Waals surface area contributed by atoms with Crippen molar-refractivity contribution in [3.8, 4) is 5.75 Å². The highest BCUT2D eigenvalue weighted by molar-refractivity contribution is 5.96. The molecule has 0 fully saturated rings. The monoisotopic (exact) mass is 413 g/mol. The first-order chi connectivity index (χ1) is 14.3. The molecule has 0 radical (unpaired) electrons. The van der Waals surface area contributed by atoms with E-state index in [1.165, 1.54) is 12.1 Å². The van der Waals surface area contributed by atoms with E-state index in [0.717, 1.165) is 22.9 Å². The average Bonchev–Trinajstić information content (AvgIpc) is 2.72. The molecule has 4 rings (SSSR count). The highest BCUT2D eigenvalue weighted by Gasteiger charge is 2.37. The normalized spacial score (nSPS) is 16.2. The topological polar surface area (TPSA) is 61.5 Å². The number of benzene rings is 3. The molecule has 0 bridgehead atoms. The molecule has 0 spiro atoms. The minimum Gasteiger partial charge on any atom is -0.462 e. The number of carbonyl (C=O) groups excluding carboxylic acids is 1. The van der Waals surface area contributed by atoms with Crippen LogP contribution in [0.15, 0.2) is 72.1 Å². The molecule has 3 aromatic carbocycles. The lowest BCUT2D eigenvalue weighted by atomic mass is 9.81. The zero-order chi connectivity index (χ0) is 21.5. The van der Waals surface area contributed by atoms with Crippen molar-refractivity contribution in [1.29, 1.82) is 0 Å². The Morgan fingerprint density at radius 1 is 1.07 bits per heavy atom. The maximum Gasteiger partial charge on any atom is 0.416 e. The lowest BCUT2D eigenvalue weighted by Gasteiger charge is -2.29. The molecule has 1 unspecified atom stereocenters. The van der Waals surface area contributed by atoms with E-state index in [-0.39, 0.29) is 18.1 Å². The molecule has 0 aliphatic carbocycles. The molecule has 0 amide bonds. The van der Waals surface area contributed by atoms with Crippen LogP contribution in [0.5, 0.6) is 5.75 Å². The molecule has 7 heteroatoms. The van der Waals surface area contributed by atoms with Gasteiger partial charge >= 0.3 is 12.1 Å². The van der Waals surface area contributed by atoms with Gasteiger partial charge in [0.15, 0.2) is 0 Å². The third kappa shape index (κ3) is 3.36. The molecular weight excluding hydrogens is 395 g/mol. The average molecular weight is 413 g/mol. The Bertz CT molecular complexity index is 1150. The van der Waals surface area contributed by atoms with E-state index in [9.17, 15) is 18.0 Å². The second kappa shape index (κ2) is 7.40. The number of esters is 1. The van der Waals surface area contributed by atoms with Crippen LogP contribution in [0.1, 0.15) is 29.5 Å². The van der Waals surface area contributed by atoms with Crippen LogP contribution in [0.3, 0.4) is 0 Å². The first kappa shape index (κ1) is 19.8. The molecule has 0 saturated heterocycles. The van der Waals surface area contributed by atoms with E-state index in [4.69, 9.17) is 15.2 Å². The molecule has 0 saturated carbocycles. The molecule has 1 heterocycles. The number of hydrogen-bond donors (Lipinski definition) is 1. The quantitative estimate of drug-likeness (QED) is 0.606. The lowest BCUT2D eigenvalue weighted by molar-refractivity contribution is -0.139. The van der Waals surface area contributed by atoms with Crippen LogP contribution in [0.2, 0.25) is 0 Å². The predicted octanol–water partition coefficient (Wildman–Crippen LogP) is 5.12. The molecule has 1 atom stereocenters. The number of alkyl halides is 3. The third-order valence-corrected chi connectivity index (χ3v) is 5.05. The molecule has 1 aliphatic heterocycles. The Labute approximate surface area is 170 Å². The Hall–Kier alpha value is -3.48.